The Kier molecular flexibility index (Phi) is 7.35. The lowest BCUT2D eigenvalue weighted by atomic mass is 10.3. The van der Waals surface area contributed by atoms with Crippen molar-refractivity contribution in [3.05, 3.63) is 48.6 Å². The zero-order valence-electron chi connectivity index (χ0n) is 14.9. The quantitative estimate of drug-likeness (QED) is 0.527. The van der Waals surface area contributed by atoms with Gasteiger partial charge in [0.15, 0.2) is 11.0 Å². The van der Waals surface area contributed by atoms with Crippen molar-refractivity contribution in [3.63, 3.8) is 0 Å². The summed E-state index contributed by atoms with van der Waals surface area (Å²) in [5.74, 6) is 0.231. The number of halogens is 1. The van der Waals surface area contributed by atoms with Crippen molar-refractivity contribution < 1.29 is 18.7 Å². The van der Waals surface area contributed by atoms with Crippen LogP contribution in [-0.4, -0.2) is 39.0 Å². The molecule has 2 rings (SSSR count). The molecule has 8 nitrogen and oxygen atoms in total. The van der Waals surface area contributed by atoms with Gasteiger partial charge in [-0.15, -0.1) is 16.8 Å². The number of thioether (sulfide) groups is 1. The first-order valence-corrected chi connectivity index (χ1v) is 8.93. The van der Waals surface area contributed by atoms with E-state index in [1.807, 2.05) is 0 Å². The number of benzene rings is 1. The molecule has 0 bridgehead atoms. The van der Waals surface area contributed by atoms with Gasteiger partial charge in [-0.25, -0.2) is 9.18 Å². The minimum absolute atomic E-state index is 0.117. The predicted octanol–water partition coefficient (Wildman–Crippen LogP) is 2.12. The van der Waals surface area contributed by atoms with Crippen LogP contribution < -0.4 is 15.4 Å². The van der Waals surface area contributed by atoms with Crippen molar-refractivity contribution in [1.82, 2.24) is 25.4 Å². The van der Waals surface area contributed by atoms with E-state index < -0.39 is 17.2 Å². The highest BCUT2D eigenvalue weighted by atomic mass is 32.2. The number of amides is 3. The summed E-state index contributed by atoms with van der Waals surface area (Å²) in [7, 11) is 1.43. The number of carbonyl (C=O) groups is 2. The number of hydrogen-bond donors (Lipinski definition) is 2. The van der Waals surface area contributed by atoms with Crippen molar-refractivity contribution in [3.8, 4) is 5.75 Å². The van der Waals surface area contributed by atoms with Crippen LogP contribution in [0.2, 0.25) is 0 Å². The fourth-order valence-electron chi connectivity index (χ4n) is 1.99. The summed E-state index contributed by atoms with van der Waals surface area (Å²) in [6.07, 6.45) is 1.67. The molecule has 0 radical (unpaired) electrons. The maximum absolute atomic E-state index is 13.0. The third-order valence-electron chi connectivity index (χ3n) is 3.40. The number of nitrogens with zero attached hydrogens (tertiary/aromatic N) is 3. The van der Waals surface area contributed by atoms with Gasteiger partial charge in [0.05, 0.1) is 5.25 Å². The average molecular weight is 393 g/mol. The highest BCUT2D eigenvalue weighted by Crippen LogP contribution is 2.23. The highest BCUT2D eigenvalue weighted by Gasteiger charge is 2.21. The second-order valence-electron chi connectivity index (χ2n) is 5.37. The molecule has 10 heteroatoms. The van der Waals surface area contributed by atoms with Crippen molar-refractivity contribution in [2.75, 3.05) is 7.05 Å². The van der Waals surface area contributed by atoms with E-state index in [-0.39, 0.29) is 12.4 Å². The minimum Gasteiger partial charge on any atom is -0.486 e. The van der Waals surface area contributed by atoms with Gasteiger partial charge in [-0.1, -0.05) is 17.8 Å². The van der Waals surface area contributed by atoms with E-state index >= 15 is 0 Å². The Morgan fingerprint density at radius 1 is 1.37 bits per heavy atom. The summed E-state index contributed by atoms with van der Waals surface area (Å²) in [5.41, 5.74) is 0. The van der Waals surface area contributed by atoms with Crippen LogP contribution in [0.4, 0.5) is 9.18 Å². The smallest absolute Gasteiger partial charge is 0.321 e. The van der Waals surface area contributed by atoms with E-state index in [0.717, 1.165) is 11.8 Å². The molecule has 0 saturated carbocycles. The lowest BCUT2D eigenvalue weighted by molar-refractivity contribution is -0.119. The number of aromatic nitrogens is 3. The van der Waals surface area contributed by atoms with Crippen LogP contribution in [-0.2, 0) is 17.9 Å². The molecule has 2 N–H and O–H groups in total. The third kappa shape index (κ3) is 5.81. The molecule has 1 aromatic carbocycles. The third-order valence-corrected chi connectivity index (χ3v) is 4.48. The van der Waals surface area contributed by atoms with Gasteiger partial charge in [0.2, 0.25) is 5.91 Å². The highest BCUT2D eigenvalue weighted by molar-refractivity contribution is 8.00. The van der Waals surface area contributed by atoms with Gasteiger partial charge in [0, 0.05) is 13.6 Å². The fourth-order valence-corrected chi connectivity index (χ4v) is 2.87. The SMILES string of the molecule is C=CCn1c(COc2ccc(F)cc2)nnc1S[C@@H](C)C(=O)NC(=O)NC. The molecule has 2 aromatic rings. The standard InChI is InChI=1S/C17H20FN5O3S/c1-4-9-23-14(10-26-13-7-5-12(18)6-8-13)21-22-17(23)27-11(2)15(24)20-16(25)19-3/h4-8,11H,1,9-10H2,2-3H3,(H2,19,20,24,25)/t11-/m0/s1. The first-order chi connectivity index (χ1) is 12.9. The molecule has 0 aliphatic rings. The Hall–Kier alpha value is -2.88. The van der Waals surface area contributed by atoms with Crippen LogP contribution in [0, 0.1) is 5.82 Å². The average Bonchev–Trinajstić information content (AvgIpc) is 3.03. The number of carbonyl (C=O) groups excluding carboxylic acids is 2. The summed E-state index contributed by atoms with van der Waals surface area (Å²) in [5, 5.41) is 12.6. The molecule has 0 saturated heterocycles. The first-order valence-electron chi connectivity index (χ1n) is 8.05. The second-order valence-corrected chi connectivity index (χ2v) is 6.68. The normalized spacial score (nSPS) is 11.5. The van der Waals surface area contributed by atoms with Crippen molar-refractivity contribution >= 4 is 23.7 Å². The maximum atomic E-state index is 13.0. The number of urea groups is 1. The van der Waals surface area contributed by atoms with E-state index in [2.05, 4.69) is 27.4 Å². The molecule has 0 aliphatic heterocycles. The molecule has 1 aromatic heterocycles. The van der Waals surface area contributed by atoms with Gasteiger partial charge in [0.1, 0.15) is 18.2 Å². The van der Waals surface area contributed by atoms with Crippen molar-refractivity contribution in [2.24, 2.45) is 0 Å². The number of imide groups is 1. The van der Waals surface area contributed by atoms with Gasteiger partial charge in [-0.05, 0) is 31.2 Å². The second kappa shape index (κ2) is 9.72. The number of ether oxygens (including phenoxy) is 1. The van der Waals surface area contributed by atoms with Gasteiger partial charge >= 0.3 is 6.03 Å². The predicted molar refractivity (Wildman–Crippen MR) is 98.9 cm³/mol. The van der Waals surface area contributed by atoms with Crippen LogP contribution in [0.25, 0.3) is 0 Å². The molecule has 0 aliphatic carbocycles. The van der Waals surface area contributed by atoms with E-state index in [9.17, 15) is 14.0 Å². The largest absolute Gasteiger partial charge is 0.486 e. The monoisotopic (exact) mass is 393 g/mol. The summed E-state index contributed by atoms with van der Waals surface area (Å²) in [6, 6.07) is 5.07. The summed E-state index contributed by atoms with van der Waals surface area (Å²) in [6.45, 7) is 5.90. The number of rotatable bonds is 8. The lowest BCUT2D eigenvalue weighted by Gasteiger charge is -2.12. The number of nitrogens with one attached hydrogen (secondary N) is 2. The maximum Gasteiger partial charge on any atom is 0.321 e. The van der Waals surface area contributed by atoms with Crippen LogP contribution in [0.15, 0.2) is 42.1 Å². The van der Waals surface area contributed by atoms with E-state index in [0.29, 0.717) is 23.3 Å². The minimum atomic E-state index is -0.576. The van der Waals surface area contributed by atoms with Gasteiger partial charge < -0.3 is 10.1 Å². The number of hydrogen-bond acceptors (Lipinski definition) is 6. The first kappa shape index (κ1) is 20.4. The van der Waals surface area contributed by atoms with Gasteiger partial charge in [0.25, 0.3) is 0 Å². The Morgan fingerprint density at radius 2 is 2.07 bits per heavy atom. The zero-order chi connectivity index (χ0) is 19.8. The topological polar surface area (TPSA) is 98.1 Å². The molecule has 1 heterocycles. The lowest BCUT2D eigenvalue weighted by Crippen LogP contribution is -2.41. The fraction of sp³-hybridized carbons (Fsp3) is 0.294. The Morgan fingerprint density at radius 3 is 2.70 bits per heavy atom. The molecule has 3 amide bonds. The molecule has 0 spiro atoms. The van der Waals surface area contributed by atoms with E-state index in [1.165, 1.54) is 31.3 Å². The summed E-state index contributed by atoms with van der Waals surface area (Å²) >= 11 is 1.16. The van der Waals surface area contributed by atoms with Crippen LogP contribution >= 0.6 is 11.8 Å². The zero-order valence-corrected chi connectivity index (χ0v) is 15.8. The molecule has 0 fully saturated rings. The van der Waals surface area contributed by atoms with Gasteiger partial charge in [-0.3, -0.25) is 14.7 Å². The summed E-state index contributed by atoms with van der Waals surface area (Å²) < 4.78 is 20.3. The Balaban J connectivity index is 2.06. The molecule has 0 unspecified atom stereocenters. The summed E-state index contributed by atoms with van der Waals surface area (Å²) in [4.78, 5) is 23.3. The van der Waals surface area contributed by atoms with E-state index in [4.69, 9.17) is 4.74 Å². The van der Waals surface area contributed by atoms with Gasteiger partial charge in [-0.2, -0.15) is 0 Å². The van der Waals surface area contributed by atoms with E-state index in [1.54, 1.807) is 17.6 Å². The molecular weight excluding hydrogens is 373 g/mol. The van der Waals surface area contributed by atoms with Crippen molar-refractivity contribution in [2.45, 2.75) is 30.5 Å². The number of allylic oxidation sites excluding steroid dienone is 1. The van der Waals surface area contributed by atoms with Crippen LogP contribution in [0.1, 0.15) is 12.7 Å². The molecular formula is C17H20FN5O3S. The Labute approximate surface area is 160 Å². The van der Waals surface area contributed by atoms with Crippen LogP contribution in [0.3, 0.4) is 0 Å². The molecule has 1 atom stereocenters. The Bertz CT molecular complexity index is 809. The molecule has 27 heavy (non-hydrogen) atoms. The van der Waals surface area contributed by atoms with Crippen molar-refractivity contribution in [1.29, 1.82) is 0 Å². The van der Waals surface area contributed by atoms with Crippen LogP contribution in [0.5, 0.6) is 5.75 Å². The molecule has 144 valence electrons.